The summed E-state index contributed by atoms with van der Waals surface area (Å²) >= 11 is 0. The summed E-state index contributed by atoms with van der Waals surface area (Å²) in [4.78, 5) is 27.2. The third-order valence-electron chi connectivity index (χ3n) is 3.10. The molecule has 1 saturated heterocycles. The molecular weight excluding hydrogens is 220 g/mol. The molecule has 0 aromatic rings. The molecule has 0 aromatic carbocycles. The predicted molar refractivity (Wildman–Crippen MR) is 64.5 cm³/mol. The van der Waals surface area contributed by atoms with Gasteiger partial charge in [-0.15, -0.1) is 0 Å². The Morgan fingerprint density at radius 1 is 0.941 bits per heavy atom. The lowest BCUT2D eigenvalue weighted by Crippen LogP contribution is -2.53. The predicted octanol–water partition coefficient (Wildman–Crippen LogP) is 0.348. The van der Waals surface area contributed by atoms with Crippen LogP contribution in [0, 0.1) is 5.92 Å². The van der Waals surface area contributed by atoms with E-state index in [1.165, 1.54) is 7.11 Å². The first-order valence-corrected chi connectivity index (χ1v) is 6.07. The summed E-state index contributed by atoms with van der Waals surface area (Å²) in [6.45, 7) is 7.99. The second kappa shape index (κ2) is 6.00. The molecule has 0 aromatic heterocycles. The van der Waals surface area contributed by atoms with Crippen LogP contribution in [0.2, 0.25) is 0 Å². The Morgan fingerprint density at radius 2 is 1.35 bits per heavy atom. The van der Waals surface area contributed by atoms with Gasteiger partial charge in [0.2, 0.25) is 5.91 Å². The molecule has 1 heterocycles. The molecule has 0 aliphatic carbocycles. The summed E-state index contributed by atoms with van der Waals surface area (Å²) in [6.07, 6.45) is -0.401. The average Bonchev–Trinajstić information content (AvgIpc) is 2.36. The van der Waals surface area contributed by atoms with Gasteiger partial charge in [-0.3, -0.25) is 9.59 Å². The van der Waals surface area contributed by atoms with Gasteiger partial charge in [0.25, 0.3) is 5.91 Å². The summed E-state index contributed by atoms with van der Waals surface area (Å²) < 4.78 is 5.01. The van der Waals surface area contributed by atoms with E-state index in [9.17, 15) is 9.59 Å². The molecule has 0 radical (unpaired) electrons. The van der Waals surface area contributed by atoms with Crippen molar-refractivity contribution in [1.82, 2.24) is 9.80 Å². The topological polar surface area (TPSA) is 49.9 Å². The lowest BCUT2D eigenvalue weighted by Gasteiger charge is -2.36. The number of methoxy groups -OCH3 is 1. The van der Waals surface area contributed by atoms with Crippen molar-refractivity contribution in [2.24, 2.45) is 5.92 Å². The number of nitrogens with zero attached hydrogens (tertiary/aromatic N) is 2. The monoisotopic (exact) mass is 242 g/mol. The number of ether oxygens (including phenoxy) is 1. The summed E-state index contributed by atoms with van der Waals surface area (Å²) in [6, 6.07) is 0. The molecule has 1 aliphatic rings. The number of hydrogen-bond acceptors (Lipinski definition) is 3. The molecule has 1 rings (SSSR count). The fourth-order valence-electron chi connectivity index (χ4n) is 1.87. The van der Waals surface area contributed by atoms with Gasteiger partial charge in [0, 0.05) is 39.2 Å². The van der Waals surface area contributed by atoms with Crippen LogP contribution >= 0.6 is 0 Å². The Hall–Kier alpha value is -1.10. The zero-order valence-corrected chi connectivity index (χ0v) is 11.1. The fraction of sp³-hybridized carbons (Fsp3) is 0.833. The minimum absolute atomic E-state index is 0.00384. The van der Waals surface area contributed by atoms with E-state index in [-0.39, 0.29) is 17.7 Å². The minimum Gasteiger partial charge on any atom is -0.372 e. The van der Waals surface area contributed by atoms with Gasteiger partial charge in [-0.25, -0.2) is 0 Å². The van der Waals surface area contributed by atoms with E-state index in [4.69, 9.17) is 4.74 Å². The van der Waals surface area contributed by atoms with Crippen molar-refractivity contribution >= 4 is 11.8 Å². The molecule has 0 saturated carbocycles. The molecule has 0 spiro atoms. The normalized spacial score (nSPS) is 18.4. The van der Waals surface area contributed by atoms with Crippen LogP contribution in [-0.4, -0.2) is 61.0 Å². The van der Waals surface area contributed by atoms with Gasteiger partial charge < -0.3 is 14.5 Å². The van der Waals surface area contributed by atoms with Gasteiger partial charge in [0.1, 0.15) is 6.10 Å². The Morgan fingerprint density at radius 3 is 1.71 bits per heavy atom. The first-order chi connectivity index (χ1) is 7.97. The second-order valence-corrected chi connectivity index (χ2v) is 4.68. The van der Waals surface area contributed by atoms with Crippen molar-refractivity contribution in [2.75, 3.05) is 33.3 Å². The minimum atomic E-state index is -0.401. The fourth-order valence-corrected chi connectivity index (χ4v) is 1.87. The van der Waals surface area contributed by atoms with E-state index in [1.54, 1.807) is 11.8 Å². The number of rotatable bonds is 3. The molecule has 1 fully saturated rings. The number of piperazine rings is 1. The molecule has 17 heavy (non-hydrogen) atoms. The SMILES string of the molecule is COC(C)C(=O)N1CCN(C(=O)C(C)C)CC1. The lowest BCUT2D eigenvalue weighted by molar-refractivity contribution is -0.146. The summed E-state index contributed by atoms with van der Waals surface area (Å²) in [7, 11) is 1.53. The van der Waals surface area contributed by atoms with E-state index in [1.807, 2.05) is 18.7 Å². The van der Waals surface area contributed by atoms with Gasteiger partial charge in [-0.2, -0.15) is 0 Å². The van der Waals surface area contributed by atoms with E-state index >= 15 is 0 Å². The van der Waals surface area contributed by atoms with Gasteiger partial charge in [-0.1, -0.05) is 13.8 Å². The highest BCUT2D eigenvalue weighted by atomic mass is 16.5. The molecule has 5 heteroatoms. The van der Waals surface area contributed by atoms with Crippen molar-refractivity contribution in [3.8, 4) is 0 Å². The summed E-state index contributed by atoms with van der Waals surface area (Å²) in [5.74, 6) is 0.191. The quantitative estimate of drug-likeness (QED) is 0.717. The maximum Gasteiger partial charge on any atom is 0.251 e. The maximum absolute atomic E-state index is 11.8. The van der Waals surface area contributed by atoms with Crippen molar-refractivity contribution in [3.63, 3.8) is 0 Å². The highest BCUT2D eigenvalue weighted by Gasteiger charge is 2.27. The van der Waals surface area contributed by atoms with Crippen molar-refractivity contribution in [3.05, 3.63) is 0 Å². The Balaban J connectivity index is 2.46. The Labute approximate surface area is 103 Å². The van der Waals surface area contributed by atoms with Gasteiger partial charge >= 0.3 is 0 Å². The van der Waals surface area contributed by atoms with Crippen LogP contribution in [0.5, 0.6) is 0 Å². The third-order valence-corrected chi connectivity index (χ3v) is 3.10. The largest absolute Gasteiger partial charge is 0.372 e. The standard InChI is InChI=1S/C12H22N2O3/c1-9(2)11(15)13-5-7-14(8-6-13)12(16)10(3)17-4/h9-10H,5-8H2,1-4H3. The molecule has 5 nitrogen and oxygen atoms in total. The van der Waals surface area contributed by atoms with Gasteiger partial charge in [0.15, 0.2) is 0 Å². The Kier molecular flexibility index (Phi) is 4.93. The zero-order valence-electron chi connectivity index (χ0n) is 11.1. The molecular formula is C12H22N2O3. The van der Waals surface area contributed by atoms with Crippen molar-refractivity contribution in [2.45, 2.75) is 26.9 Å². The second-order valence-electron chi connectivity index (χ2n) is 4.68. The molecule has 0 N–H and O–H groups in total. The molecule has 1 aliphatic heterocycles. The van der Waals surface area contributed by atoms with Crippen LogP contribution in [0.3, 0.4) is 0 Å². The lowest BCUT2D eigenvalue weighted by atomic mass is 10.1. The van der Waals surface area contributed by atoms with Crippen molar-refractivity contribution < 1.29 is 14.3 Å². The van der Waals surface area contributed by atoms with Crippen LogP contribution in [-0.2, 0) is 14.3 Å². The number of hydrogen-bond donors (Lipinski definition) is 0. The third kappa shape index (κ3) is 3.43. The maximum atomic E-state index is 11.8. The first-order valence-electron chi connectivity index (χ1n) is 6.07. The first kappa shape index (κ1) is 14.0. The zero-order chi connectivity index (χ0) is 13.0. The molecule has 1 unspecified atom stereocenters. The summed E-state index contributed by atoms with van der Waals surface area (Å²) in [5.41, 5.74) is 0. The molecule has 98 valence electrons. The van der Waals surface area contributed by atoms with E-state index in [0.717, 1.165) is 0 Å². The number of amides is 2. The van der Waals surface area contributed by atoms with E-state index in [2.05, 4.69) is 0 Å². The average molecular weight is 242 g/mol. The Bertz CT molecular complexity index is 283. The highest BCUT2D eigenvalue weighted by molar-refractivity contribution is 5.81. The van der Waals surface area contributed by atoms with Gasteiger partial charge in [0.05, 0.1) is 0 Å². The van der Waals surface area contributed by atoms with E-state index in [0.29, 0.717) is 26.2 Å². The van der Waals surface area contributed by atoms with Crippen LogP contribution < -0.4 is 0 Å². The summed E-state index contributed by atoms with van der Waals surface area (Å²) in [5, 5.41) is 0. The van der Waals surface area contributed by atoms with E-state index < -0.39 is 6.10 Å². The van der Waals surface area contributed by atoms with Crippen LogP contribution in [0.25, 0.3) is 0 Å². The van der Waals surface area contributed by atoms with Crippen LogP contribution in [0.15, 0.2) is 0 Å². The van der Waals surface area contributed by atoms with Crippen LogP contribution in [0.4, 0.5) is 0 Å². The van der Waals surface area contributed by atoms with Gasteiger partial charge in [-0.05, 0) is 6.92 Å². The smallest absolute Gasteiger partial charge is 0.251 e. The highest BCUT2D eigenvalue weighted by Crippen LogP contribution is 2.08. The molecule has 2 amide bonds. The number of carbonyl (C=O) groups is 2. The van der Waals surface area contributed by atoms with Crippen molar-refractivity contribution in [1.29, 1.82) is 0 Å². The molecule has 0 bridgehead atoms. The number of carbonyl (C=O) groups excluding carboxylic acids is 2. The molecule has 1 atom stereocenters. The van der Waals surface area contributed by atoms with Crippen LogP contribution in [0.1, 0.15) is 20.8 Å².